The molecular weight excluding hydrogens is 368 g/mol. The quantitative estimate of drug-likeness (QED) is 0.686. The predicted octanol–water partition coefficient (Wildman–Crippen LogP) is 3.61. The summed E-state index contributed by atoms with van der Waals surface area (Å²) in [5.41, 5.74) is 2.59. The molecular formula is C19H20N2O3S2. The van der Waals surface area contributed by atoms with Gasteiger partial charge in [-0.25, -0.2) is 8.42 Å². The monoisotopic (exact) mass is 388 g/mol. The van der Waals surface area contributed by atoms with Crippen molar-refractivity contribution in [3.8, 4) is 0 Å². The van der Waals surface area contributed by atoms with E-state index in [1.54, 1.807) is 22.8 Å². The smallest absolute Gasteiger partial charge is 0.299 e. The lowest BCUT2D eigenvalue weighted by atomic mass is 10.1. The Labute approximate surface area is 156 Å². The third-order valence-electron chi connectivity index (χ3n) is 4.79. The molecule has 5 nitrogen and oxygen atoms in total. The van der Waals surface area contributed by atoms with Gasteiger partial charge in [0.15, 0.2) is 0 Å². The summed E-state index contributed by atoms with van der Waals surface area (Å²) in [5, 5.41) is 0. The van der Waals surface area contributed by atoms with E-state index >= 15 is 0 Å². The first-order valence-electron chi connectivity index (χ1n) is 8.69. The average molecular weight is 389 g/mol. The molecule has 1 aliphatic heterocycles. The summed E-state index contributed by atoms with van der Waals surface area (Å²) in [4.78, 5) is 12.4. The molecule has 0 radical (unpaired) electrons. The Morgan fingerprint density at radius 2 is 1.96 bits per heavy atom. The van der Waals surface area contributed by atoms with Crippen LogP contribution in [-0.2, 0) is 23.0 Å². The largest absolute Gasteiger partial charge is 0.308 e. The van der Waals surface area contributed by atoms with Gasteiger partial charge >= 0.3 is 4.87 Å². The van der Waals surface area contributed by atoms with Crippen molar-refractivity contribution in [2.75, 3.05) is 4.31 Å². The number of hydrogen-bond donors (Lipinski definition) is 0. The maximum atomic E-state index is 13.3. The first-order valence-corrected chi connectivity index (χ1v) is 10.9. The number of nitrogens with zero attached hydrogens (tertiary/aromatic N) is 2. The second-order valence-corrected chi connectivity index (χ2v) is 9.44. The fourth-order valence-electron chi connectivity index (χ4n) is 3.66. The highest BCUT2D eigenvalue weighted by molar-refractivity contribution is 7.93. The minimum absolute atomic E-state index is 0.0451. The third kappa shape index (κ3) is 2.57. The van der Waals surface area contributed by atoms with E-state index in [4.69, 9.17) is 0 Å². The van der Waals surface area contributed by atoms with Crippen LogP contribution in [0.5, 0.6) is 0 Å². The fourth-order valence-corrected chi connectivity index (χ4v) is 6.41. The molecule has 0 saturated carbocycles. The van der Waals surface area contributed by atoms with Crippen molar-refractivity contribution < 1.29 is 8.42 Å². The average Bonchev–Trinajstić information content (AvgIpc) is 3.11. The number of fused-ring (bicyclic) bond motifs is 2. The number of aryl methyl sites for hydroxylation is 1. The van der Waals surface area contributed by atoms with Crippen LogP contribution < -0.4 is 9.18 Å². The Balaban J connectivity index is 1.83. The van der Waals surface area contributed by atoms with Gasteiger partial charge in [-0.1, -0.05) is 36.5 Å². The normalized spacial score (nSPS) is 17.0. The van der Waals surface area contributed by atoms with Gasteiger partial charge in [0.2, 0.25) is 0 Å². The van der Waals surface area contributed by atoms with Gasteiger partial charge in [0, 0.05) is 12.6 Å². The van der Waals surface area contributed by atoms with Crippen LogP contribution in [0.4, 0.5) is 5.69 Å². The van der Waals surface area contributed by atoms with Gasteiger partial charge in [0.05, 0.1) is 20.8 Å². The van der Waals surface area contributed by atoms with Crippen molar-refractivity contribution in [3.63, 3.8) is 0 Å². The van der Waals surface area contributed by atoms with E-state index in [0.29, 0.717) is 17.7 Å². The van der Waals surface area contributed by atoms with E-state index in [1.807, 2.05) is 38.1 Å². The van der Waals surface area contributed by atoms with Crippen molar-refractivity contribution in [2.24, 2.45) is 0 Å². The van der Waals surface area contributed by atoms with Crippen molar-refractivity contribution in [3.05, 3.63) is 57.7 Å². The Morgan fingerprint density at radius 3 is 2.73 bits per heavy atom. The zero-order chi connectivity index (χ0) is 18.5. The molecule has 1 aliphatic rings. The third-order valence-corrected chi connectivity index (χ3v) is 7.65. The molecule has 0 N–H and O–H groups in total. The molecule has 0 spiro atoms. The Morgan fingerprint density at radius 1 is 1.19 bits per heavy atom. The highest BCUT2D eigenvalue weighted by Crippen LogP contribution is 2.37. The molecule has 0 amide bonds. The summed E-state index contributed by atoms with van der Waals surface area (Å²) >= 11 is 1.10. The van der Waals surface area contributed by atoms with Gasteiger partial charge in [-0.05, 0) is 49.6 Å². The van der Waals surface area contributed by atoms with Crippen LogP contribution in [0.1, 0.15) is 25.8 Å². The maximum Gasteiger partial charge on any atom is 0.308 e. The van der Waals surface area contributed by atoms with Crippen molar-refractivity contribution >= 4 is 37.3 Å². The maximum absolute atomic E-state index is 13.3. The highest BCUT2D eigenvalue weighted by atomic mass is 32.2. The van der Waals surface area contributed by atoms with Gasteiger partial charge in [0.25, 0.3) is 10.0 Å². The Hall–Kier alpha value is -2.12. The zero-order valence-corrected chi connectivity index (χ0v) is 16.3. The summed E-state index contributed by atoms with van der Waals surface area (Å²) in [6.45, 7) is 4.58. The van der Waals surface area contributed by atoms with E-state index in [0.717, 1.165) is 34.5 Å². The Kier molecular flexibility index (Phi) is 4.16. The van der Waals surface area contributed by atoms with Crippen molar-refractivity contribution in [1.82, 2.24) is 4.57 Å². The van der Waals surface area contributed by atoms with Gasteiger partial charge in [0.1, 0.15) is 0 Å². The molecule has 1 unspecified atom stereocenters. The standard InChI is InChI=1S/C19H20N2O3S2/c1-3-10-20-17-9-8-15(12-18(17)25-19(20)22)26(23,24)21-13(2)11-14-6-4-5-7-16(14)21/h4-9,12-13H,3,10-11H2,1-2H3. The number of para-hydroxylation sites is 1. The van der Waals surface area contributed by atoms with E-state index in [2.05, 4.69) is 0 Å². The van der Waals surface area contributed by atoms with Crippen LogP contribution in [0.25, 0.3) is 10.2 Å². The first-order chi connectivity index (χ1) is 12.4. The first kappa shape index (κ1) is 17.3. The van der Waals surface area contributed by atoms with Crippen LogP contribution in [0.15, 0.2) is 52.2 Å². The molecule has 0 bridgehead atoms. The molecule has 2 heterocycles. The number of hydrogen-bond acceptors (Lipinski definition) is 4. The summed E-state index contributed by atoms with van der Waals surface area (Å²) in [6, 6.07) is 12.5. The minimum atomic E-state index is -3.68. The van der Waals surface area contributed by atoms with Crippen LogP contribution >= 0.6 is 11.3 Å². The lowest BCUT2D eigenvalue weighted by Crippen LogP contribution is -2.35. The molecule has 0 fully saturated rings. The van der Waals surface area contributed by atoms with E-state index in [9.17, 15) is 13.2 Å². The number of thiazole rings is 1. The zero-order valence-electron chi connectivity index (χ0n) is 14.7. The van der Waals surface area contributed by atoms with E-state index < -0.39 is 10.0 Å². The molecule has 7 heteroatoms. The molecule has 4 rings (SSSR count). The number of benzene rings is 2. The molecule has 136 valence electrons. The predicted molar refractivity (Wildman–Crippen MR) is 106 cm³/mol. The molecule has 3 aromatic rings. The molecule has 1 atom stereocenters. The fraction of sp³-hybridized carbons (Fsp3) is 0.316. The van der Waals surface area contributed by atoms with E-state index in [-0.39, 0.29) is 15.8 Å². The van der Waals surface area contributed by atoms with Crippen LogP contribution in [-0.4, -0.2) is 19.0 Å². The number of aromatic nitrogens is 1. The molecule has 1 aromatic heterocycles. The lowest BCUT2D eigenvalue weighted by Gasteiger charge is -2.24. The molecule has 26 heavy (non-hydrogen) atoms. The van der Waals surface area contributed by atoms with Crippen LogP contribution in [0.2, 0.25) is 0 Å². The SMILES string of the molecule is CCCn1c(=O)sc2cc(S(=O)(=O)N3c4ccccc4CC3C)ccc21. The lowest BCUT2D eigenvalue weighted by molar-refractivity contribution is 0.584. The second kappa shape index (κ2) is 6.25. The highest BCUT2D eigenvalue weighted by Gasteiger charge is 2.36. The molecule has 2 aromatic carbocycles. The second-order valence-electron chi connectivity index (χ2n) is 6.63. The van der Waals surface area contributed by atoms with Gasteiger partial charge in [-0.15, -0.1) is 0 Å². The minimum Gasteiger partial charge on any atom is -0.299 e. The summed E-state index contributed by atoms with van der Waals surface area (Å²) < 4.78 is 30.6. The van der Waals surface area contributed by atoms with Crippen LogP contribution in [0.3, 0.4) is 0 Å². The number of rotatable bonds is 4. The van der Waals surface area contributed by atoms with Gasteiger partial charge in [-0.2, -0.15) is 0 Å². The van der Waals surface area contributed by atoms with Crippen LogP contribution in [0, 0.1) is 0 Å². The summed E-state index contributed by atoms with van der Waals surface area (Å²) in [7, 11) is -3.68. The topological polar surface area (TPSA) is 59.4 Å². The van der Waals surface area contributed by atoms with E-state index in [1.165, 1.54) is 4.31 Å². The Bertz CT molecular complexity index is 1150. The van der Waals surface area contributed by atoms with Gasteiger partial charge in [-0.3, -0.25) is 13.7 Å². The van der Waals surface area contributed by atoms with Crippen molar-refractivity contribution in [2.45, 2.75) is 44.2 Å². The molecule has 0 aliphatic carbocycles. The molecule has 0 saturated heterocycles. The van der Waals surface area contributed by atoms with Gasteiger partial charge < -0.3 is 0 Å². The summed E-state index contributed by atoms with van der Waals surface area (Å²) in [5.74, 6) is 0. The number of sulfonamides is 1. The number of anilines is 1. The van der Waals surface area contributed by atoms with Crippen molar-refractivity contribution in [1.29, 1.82) is 0 Å². The summed E-state index contributed by atoms with van der Waals surface area (Å²) in [6.07, 6.45) is 1.56.